The van der Waals surface area contributed by atoms with E-state index in [1.807, 2.05) is 7.11 Å². The van der Waals surface area contributed by atoms with E-state index in [9.17, 15) is 0 Å². The van der Waals surface area contributed by atoms with E-state index in [1.165, 1.54) is 32.5 Å². The van der Waals surface area contributed by atoms with Crippen molar-refractivity contribution in [2.24, 2.45) is 5.73 Å². The number of hydrogen-bond acceptors (Lipinski definition) is 4. The standard InChI is InChI=1S/C14H29N3O/c1-4-12-10-16(2)6-5-7-17(12)14(11-15)8-13(9-14)18-3/h12-13H,4-11,15H2,1-3H3. The summed E-state index contributed by atoms with van der Waals surface area (Å²) in [5.41, 5.74) is 6.32. The Balaban J connectivity index is 2.08. The lowest BCUT2D eigenvalue weighted by molar-refractivity contribution is -0.101. The molecule has 2 aliphatic rings. The minimum Gasteiger partial charge on any atom is -0.381 e. The zero-order valence-corrected chi connectivity index (χ0v) is 12.2. The molecule has 0 spiro atoms. The average Bonchev–Trinajstić information content (AvgIpc) is 2.51. The van der Waals surface area contributed by atoms with E-state index in [0.717, 1.165) is 19.4 Å². The zero-order valence-electron chi connectivity index (χ0n) is 12.2. The van der Waals surface area contributed by atoms with Crippen LogP contribution in [0.25, 0.3) is 0 Å². The topological polar surface area (TPSA) is 41.7 Å². The molecule has 4 nitrogen and oxygen atoms in total. The molecule has 2 rings (SSSR count). The van der Waals surface area contributed by atoms with Gasteiger partial charge in [-0.15, -0.1) is 0 Å². The van der Waals surface area contributed by atoms with Gasteiger partial charge in [0, 0.05) is 38.3 Å². The number of likely N-dealkylation sites (N-methyl/N-ethyl adjacent to an activating group) is 1. The first-order valence-corrected chi connectivity index (χ1v) is 7.33. The second-order valence-electron chi connectivity index (χ2n) is 6.07. The summed E-state index contributed by atoms with van der Waals surface area (Å²) in [6.45, 7) is 6.65. The van der Waals surface area contributed by atoms with Gasteiger partial charge in [0.1, 0.15) is 0 Å². The van der Waals surface area contributed by atoms with Crippen LogP contribution in [0.1, 0.15) is 32.6 Å². The minimum atomic E-state index is 0.215. The molecule has 4 heteroatoms. The van der Waals surface area contributed by atoms with Crippen LogP contribution in [0.3, 0.4) is 0 Å². The molecule has 2 fully saturated rings. The van der Waals surface area contributed by atoms with Crippen LogP contribution in [0.15, 0.2) is 0 Å². The SMILES string of the molecule is CCC1CN(C)CCCN1C1(CN)CC(OC)C1. The highest BCUT2D eigenvalue weighted by Gasteiger charge is 2.49. The van der Waals surface area contributed by atoms with E-state index >= 15 is 0 Å². The summed E-state index contributed by atoms with van der Waals surface area (Å²) in [5, 5.41) is 0. The monoisotopic (exact) mass is 255 g/mol. The van der Waals surface area contributed by atoms with Gasteiger partial charge in [-0.3, -0.25) is 4.90 Å². The molecule has 18 heavy (non-hydrogen) atoms. The van der Waals surface area contributed by atoms with Crippen LogP contribution in [-0.4, -0.2) is 67.8 Å². The lowest BCUT2D eigenvalue weighted by Gasteiger charge is -2.55. The Hall–Kier alpha value is -0.160. The summed E-state index contributed by atoms with van der Waals surface area (Å²) in [7, 11) is 4.05. The van der Waals surface area contributed by atoms with Crippen molar-refractivity contribution in [3.63, 3.8) is 0 Å². The molecular weight excluding hydrogens is 226 g/mol. The number of nitrogens with zero attached hydrogens (tertiary/aromatic N) is 2. The quantitative estimate of drug-likeness (QED) is 0.811. The van der Waals surface area contributed by atoms with Crippen molar-refractivity contribution in [3.8, 4) is 0 Å². The third kappa shape index (κ3) is 2.57. The number of hydrogen-bond donors (Lipinski definition) is 1. The van der Waals surface area contributed by atoms with Gasteiger partial charge in [-0.25, -0.2) is 0 Å². The highest BCUT2D eigenvalue weighted by atomic mass is 16.5. The van der Waals surface area contributed by atoms with Gasteiger partial charge in [0.05, 0.1) is 6.10 Å². The molecule has 1 atom stereocenters. The van der Waals surface area contributed by atoms with Gasteiger partial charge in [-0.05, 0) is 39.3 Å². The molecule has 1 heterocycles. The van der Waals surface area contributed by atoms with E-state index in [0.29, 0.717) is 12.1 Å². The molecule has 1 saturated carbocycles. The van der Waals surface area contributed by atoms with E-state index in [1.54, 1.807) is 0 Å². The first kappa shape index (κ1) is 14.3. The number of rotatable bonds is 4. The van der Waals surface area contributed by atoms with Gasteiger partial charge in [0.25, 0.3) is 0 Å². The van der Waals surface area contributed by atoms with E-state index in [2.05, 4.69) is 23.8 Å². The van der Waals surface area contributed by atoms with Crippen molar-refractivity contribution in [1.82, 2.24) is 9.80 Å². The lowest BCUT2D eigenvalue weighted by atomic mass is 9.72. The first-order valence-electron chi connectivity index (χ1n) is 7.33. The predicted octanol–water partition coefficient (Wildman–Crippen LogP) is 0.909. The molecule has 0 aromatic carbocycles. The summed E-state index contributed by atoms with van der Waals surface area (Å²) >= 11 is 0. The average molecular weight is 255 g/mol. The smallest absolute Gasteiger partial charge is 0.0607 e. The van der Waals surface area contributed by atoms with E-state index in [-0.39, 0.29) is 5.54 Å². The highest BCUT2D eigenvalue weighted by Crippen LogP contribution is 2.41. The third-order valence-electron chi connectivity index (χ3n) is 4.91. The summed E-state index contributed by atoms with van der Waals surface area (Å²) in [4.78, 5) is 5.16. The second-order valence-corrected chi connectivity index (χ2v) is 6.07. The normalized spacial score (nSPS) is 39.3. The third-order valence-corrected chi connectivity index (χ3v) is 4.91. The molecular formula is C14H29N3O. The maximum absolute atomic E-state index is 6.11. The first-order chi connectivity index (χ1) is 8.65. The minimum absolute atomic E-state index is 0.215. The zero-order chi connectivity index (χ0) is 13.2. The molecule has 0 aromatic heterocycles. The van der Waals surface area contributed by atoms with Crippen LogP contribution in [0.4, 0.5) is 0 Å². The Labute approximate surface area is 111 Å². The summed E-state index contributed by atoms with van der Waals surface area (Å²) in [6, 6.07) is 0.652. The Morgan fingerprint density at radius 1 is 1.33 bits per heavy atom. The van der Waals surface area contributed by atoms with Crippen LogP contribution >= 0.6 is 0 Å². The van der Waals surface area contributed by atoms with Gasteiger partial charge in [0.15, 0.2) is 0 Å². The van der Waals surface area contributed by atoms with Crippen LogP contribution in [0.5, 0.6) is 0 Å². The summed E-state index contributed by atoms with van der Waals surface area (Å²) in [6.07, 6.45) is 5.11. The number of methoxy groups -OCH3 is 1. The molecule has 0 amide bonds. The van der Waals surface area contributed by atoms with Gasteiger partial charge in [-0.2, -0.15) is 0 Å². The highest BCUT2D eigenvalue weighted by molar-refractivity contribution is 5.06. The largest absolute Gasteiger partial charge is 0.381 e. The maximum Gasteiger partial charge on any atom is 0.0607 e. The van der Waals surface area contributed by atoms with Gasteiger partial charge in [0.2, 0.25) is 0 Å². The molecule has 1 unspecified atom stereocenters. The lowest BCUT2D eigenvalue weighted by Crippen LogP contribution is -2.66. The second kappa shape index (κ2) is 5.87. The molecule has 0 radical (unpaired) electrons. The fraction of sp³-hybridized carbons (Fsp3) is 1.00. The van der Waals surface area contributed by atoms with Gasteiger partial charge in [-0.1, -0.05) is 6.92 Å². The number of ether oxygens (including phenoxy) is 1. The Kier molecular flexibility index (Phi) is 4.64. The predicted molar refractivity (Wildman–Crippen MR) is 74.7 cm³/mol. The van der Waals surface area contributed by atoms with Crippen LogP contribution in [-0.2, 0) is 4.74 Å². The summed E-state index contributed by atoms with van der Waals surface area (Å²) in [5.74, 6) is 0. The van der Waals surface area contributed by atoms with Crippen molar-refractivity contribution in [3.05, 3.63) is 0 Å². The van der Waals surface area contributed by atoms with E-state index in [4.69, 9.17) is 10.5 Å². The Bertz CT molecular complexity index is 266. The van der Waals surface area contributed by atoms with Crippen molar-refractivity contribution in [2.75, 3.05) is 40.3 Å². The molecule has 1 aliphatic carbocycles. The Morgan fingerprint density at radius 2 is 2.06 bits per heavy atom. The molecule has 2 N–H and O–H groups in total. The maximum atomic E-state index is 6.11. The van der Waals surface area contributed by atoms with Crippen molar-refractivity contribution in [2.45, 2.75) is 50.3 Å². The van der Waals surface area contributed by atoms with Crippen LogP contribution in [0, 0.1) is 0 Å². The van der Waals surface area contributed by atoms with Gasteiger partial charge >= 0.3 is 0 Å². The fourth-order valence-electron chi connectivity index (χ4n) is 3.69. The Morgan fingerprint density at radius 3 is 2.61 bits per heavy atom. The van der Waals surface area contributed by atoms with Crippen molar-refractivity contribution < 1.29 is 4.74 Å². The molecule has 1 saturated heterocycles. The van der Waals surface area contributed by atoms with Crippen molar-refractivity contribution in [1.29, 1.82) is 0 Å². The van der Waals surface area contributed by atoms with Crippen LogP contribution < -0.4 is 5.73 Å². The van der Waals surface area contributed by atoms with E-state index < -0.39 is 0 Å². The summed E-state index contributed by atoms with van der Waals surface area (Å²) < 4.78 is 5.46. The molecule has 0 bridgehead atoms. The molecule has 106 valence electrons. The van der Waals surface area contributed by atoms with Gasteiger partial charge < -0.3 is 15.4 Å². The molecule has 1 aliphatic heterocycles. The molecule has 0 aromatic rings. The van der Waals surface area contributed by atoms with Crippen LogP contribution in [0.2, 0.25) is 0 Å². The fourth-order valence-corrected chi connectivity index (χ4v) is 3.69. The number of nitrogens with two attached hydrogens (primary N) is 1. The van der Waals surface area contributed by atoms with Crippen molar-refractivity contribution >= 4 is 0 Å².